The van der Waals surface area contributed by atoms with E-state index in [4.69, 9.17) is 17.3 Å². The maximum Gasteiger partial charge on any atom is 0.191 e. The van der Waals surface area contributed by atoms with Crippen LogP contribution in [0.25, 0.3) is 0 Å². The van der Waals surface area contributed by atoms with E-state index in [1.54, 1.807) is 13.0 Å². The number of hydrogen-bond acceptors (Lipinski definition) is 2. The molecule has 1 atom stereocenters. The Labute approximate surface area is 154 Å². The summed E-state index contributed by atoms with van der Waals surface area (Å²) in [5, 5.41) is 11.1. The minimum absolute atomic E-state index is 0. The number of nitrogens with zero attached hydrogens (tertiary/aromatic N) is 2. The third kappa shape index (κ3) is 4.99. The zero-order chi connectivity index (χ0) is 15.5. The minimum Gasteiger partial charge on any atom is -0.383 e. The fourth-order valence-electron chi connectivity index (χ4n) is 2.56. The highest BCUT2D eigenvalue weighted by Gasteiger charge is 2.26. The van der Waals surface area contributed by atoms with Crippen LogP contribution in [0.5, 0.6) is 0 Å². The fraction of sp³-hybridized carbons (Fsp3) is 0.562. The van der Waals surface area contributed by atoms with Crippen LogP contribution in [0.2, 0.25) is 5.02 Å². The highest BCUT2D eigenvalue weighted by atomic mass is 127. The van der Waals surface area contributed by atoms with Gasteiger partial charge in [-0.3, -0.25) is 0 Å². The average molecular weight is 438 g/mol. The molecular formula is C16H25ClIN3O. The van der Waals surface area contributed by atoms with Gasteiger partial charge in [-0.1, -0.05) is 36.7 Å². The van der Waals surface area contributed by atoms with E-state index >= 15 is 0 Å². The van der Waals surface area contributed by atoms with Gasteiger partial charge in [0.05, 0.1) is 6.54 Å². The number of rotatable bonds is 3. The standard InChI is InChI=1S/C16H24ClN3O.HI/c1-12-7-9-20(10-8-12)15(18)19-11-16(2,21)13-5-3-4-6-14(13)17;/h3-6,12,21H,7-11H2,1-2H3,(H2,18,19);1H. The van der Waals surface area contributed by atoms with Gasteiger partial charge in [-0.2, -0.15) is 0 Å². The predicted octanol–water partition coefficient (Wildman–Crippen LogP) is 3.21. The third-order valence-corrected chi connectivity index (χ3v) is 4.44. The van der Waals surface area contributed by atoms with E-state index in [0.29, 0.717) is 16.5 Å². The lowest BCUT2D eigenvalue weighted by Crippen LogP contribution is -2.43. The number of nitrogens with two attached hydrogens (primary N) is 1. The van der Waals surface area contributed by atoms with Gasteiger partial charge >= 0.3 is 0 Å². The Hall–Kier alpha value is -0.530. The number of guanidine groups is 1. The summed E-state index contributed by atoms with van der Waals surface area (Å²) in [6, 6.07) is 7.28. The van der Waals surface area contributed by atoms with Crippen LogP contribution in [-0.4, -0.2) is 35.6 Å². The highest BCUT2D eigenvalue weighted by molar-refractivity contribution is 14.0. The Bertz CT molecular complexity index is 514. The molecule has 0 spiro atoms. The molecule has 1 aromatic rings. The van der Waals surface area contributed by atoms with Gasteiger partial charge in [-0.25, -0.2) is 4.99 Å². The van der Waals surface area contributed by atoms with Gasteiger partial charge in [0.2, 0.25) is 0 Å². The molecule has 1 aromatic carbocycles. The second kappa shape index (κ2) is 8.36. The first kappa shape index (κ1) is 19.5. The summed E-state index contributed by atoms with van der Waals surface area (Å²) in [5.41, 5.74) is 5.61. The maximum absolute atomic E-state index is 10.6. The van der Waals surface area contributed by atoms with Gasteiger partial charge in [0.1, 0.15) is 5.60 Å². The van der Waals surface area contributed by atoms with Gasteiger partial charge in [0.25, 0.3) is 0 Å². The Morgan fingerprint density at radius 2 is 2.00 bits per heavy atom. The van der Waals surface area contributed by atoms with Crippen molar-refractivity contribution >= 4 is 41.5 Å². The van der Waals surface area contributed by atoms with Crippen molar-refractivity contribution in [1.29, 1.82) is 0 Å². The van der Waals surface area contributed by atoms with Crippen molar-refractivity contribution in [2.75, 3.05) is 19.6 Å². The molecule has 0 bridgehead atoms. The monoisotopic (exact) mass is 437 g/mol. The molecule has 6 heteroatoms. The molecule has 4 nitrogen and oxygen atoms in total. The summed E-state index contributed by atoms with van der Waals surface area (Å²) in [7, 11) is 0. The predicted molar refractivity (Wildman–Crippen MR) is 103 cm³/mol. The molecule has 1 aliphatic heterocycles. The first-order valence-corrected chi connectivity index (χ1v) is 7.80. The second-order valence-electron chi connectivity index (χ2n) is 6.10. The first-order valence-electron chi connectivity index (χ1n) is 7.42. The van der Waals surface area contributed by atoms with E-state index in [0.717, 1.165) is 31.8 Å². The van der Waals surface area contributed by atoms with Crippen molar-refractivity contribution in [3.05, 3.63) is 34.9 Å². The lowest BCUT2D eigenvalue weighted by molar-refractivity contribution is 0.0670. The molecule has 2 rings (SSSR count). The first-order chi connectivity index (χ1) is 9.90. The Morgan fingerprint density at radius 1 is 1.41 bits per heavy atom. The summed E-state index contributed by atoms with van der Waals surface area (Å²) >= 11 is 6.14. The van der Waals surface area contributed by atoms with Gasteiger partial charge in [0, 0.05) is 23.7 Å². The molecule has 1 aliphatic rings. The quantitative estimate of drug-likeness (QED) is 0.434. The van der Waals surface area contributed by atoms with Crippen LogP contribution in [0.4, 0.5) is 0 Å². The van der Waals surface area contributed by atoms with E-state index in [1.165, 1.54) is 0 Å². The summed E-state index contributed by atoms with van der Waals surface area (Å²) in [5.74, 6) is 1.26. The SMILES string of the molecule is CC1CCN(C(N)=NCC(C)(O)c2ccccc2Cl)CC1.I. The molecule has 1 heterocycles. The van der Waals surface area contributed by atoms with E-state index < -0.39 is 5.60 Å². The molecule has 3 N–H and O–H groups in total. The fourth-order valence-corrected chi connectivity index (χ4v) is 2.90. The van der Waals surface area contributed by atoms with Crippen molar-refractivity contribution in [2.24, 2.45) is 16.6 Å². The lowest BCUT2D eigenvalue weighted by atomic mass is 9.96. The van der Waals surface area contributed by atoms with E-state index in [2.05, 4.69) is 16.8 Å². The van der Waals surface area contributed by atoms with Crippen molar-refractivity contribution in [3.8, 4) is 0 Å². The number of benzene rings is 1. The Kier molecular flexibility index (Phi) is 7.41. The zero-order valence-corrected chi connectivity index (χ0v) is 16.2. The van der Waals surface area contributed by atoms with Gasteiger partial charge < -0.3 is 15.7 Å². The Morgan fingerprint density at radius 3 is 2.59 bits per heavy atom. The van der Waals surface area contributed by atoms with E-state index in [-0.39, 0.29) is 30.5 Å². The molecule has 1 saturated heterocycles. The van der Waals surface area contributed by atoms with Crippen molar-refractivity contribution in [1.82, 2.24) is 4.90 Å². The van der Waals surface area contributed by atoms with E-state index in [9.17, 15) is 5.11 Å². The van der Waals surface area contributed by atoms with Crippen LogP contribution in [0.3, 0.4) is 0 Å². The van der Waals surface area contributed by atoms with Crippen LogP contribution in [-0.2, 0) is 5.60 Å². The third-order valence-electron chi connectivity index (χ3n) is 4.11. The summed E-state index contributed by atoms with van der Waals surface area (Å²) in [6.07, 6.45) is 2.27. The van der Waals surface area contributed by atoms with Crippen LogP contribution in [0, 0.1) is 5.92 Å². The number of halogens is 2. The van der Waals surface area contributed by atoms with Crippen molar-refractivity contribution in [3.63, 3.8) is 0 Å². The molecule has 0 aliphatic carbocycles. The summed E-state index contributed by atoms with van der Waals surface area (Å²) < 4.78 is 0. The topological polar surface area (TPSA) is 61.8 Å². The van der Waals surface area contributed by atoms with Crippen molar-refractivity contribution in [2.45, 2.75) is 32.3 Å². The zero-order valence-electron chi connectivity index (χ0n) is 13.1. The summed E-state index contributed by atoms with van der Waals surface area (Å²) in [4.78, 5) is 6.46. The van der Waals surface area contributed by atoms with Gasteiger partial charge in [0.15, 0.2) is 5.96 Å². The molecule has 124 valence electrons. The number of hydrogen-bond donors (Lipinski definition) is 2. The minimum atomic E-state index is -1.12. The maximum atomic E-state index is 10.6. The molecule has 0 radical (unpaired) electrons. The number of piperidine rings is 1. The number of likely N-dealkylation sites (tertiary alicyclic amines) is 1. The molecule has 1 unspecified atom stereocenters. The largest absolute Gasteiger partial charge is 0.383 e. The number of aliphatic imine (C=N–C) groups is 1. The van der Waals surface area contributed by atoms with Crippen LogP contribution >= 0.6 is 35.6 Å². The highest BCUT2D eigenvalue weighted by Crippen LogP contribution is 2.28. The smallest absolute Gasteiger partial charge is 0.191 e. The Balaban J connectivity index is 0.00000242. The van der Waals surface area contributed by atoms with Crippen molar-refractivity contribution < 1.29 is 5.11 Å². The molecule has 0 aromatic heterocycles. The molecule has 1 fully saturated rings. The van der Waals surface area contributed by atoms with Crippen LogP contribution < -0.4 is 5.73 Å². The molecule has 0 saturated carbocycles. The molecule has 22 heavy (non-hydrogen) atoms. The van der Waals surface area contributed by atoms with Gasteiger partial charge in [-0.05, 0) is 31.7 Å². The van der Waals surface area contributed by atoms with Crippen LogP contribution in [0.1, 0.15) is 32.3 Å². The normalized spacial score (nSPS) is 19.5. The average Bonchev–Trinajstić information content (AvgIpc) is 2.46. The second-order valence-corrected chi connectivity index (χ2v) is 6.50. The molecular weight excluding hydrogens is 413 g/mol. The molecule has 0 amide bonds. The lowest BCUT2D eigenvalue weighted by Gasteiger charge is -2.31. The van der Waals surface area contributed by atoms with E-state index in [1.807, 2.05) is 18.2 Å². The summed E-state index contributed by atoms with van der Waals surface area (Å²) in [6.45, 7) is 6.04. The van der Waals surface area contributed by atoms with Crippen LogP contribution in [0.15, 0.2) is 29.3 Å². The van der Waals surface area contributed by atoms with Gasteiger partial charge in [-0.15, -0.1) is 24.0 Å². The number of aliphatic hydroxyl groups is 1.